The largest absolute Gasteiger partial charge is 0.503 e. The number of benzene rings is 1. The van der Waals surface area contributed by atoms with Crippen LogP contribution in [0.25, 0.3) is 0 Å². The third-order valence-corrected chi connectivity index (χ3v) is 2.34. The van der Waals surface area contributed by atoms with Gasteiger partial charge in [-0.2, -0.15) is 4.39 Å². The molecule has 0 aromatic heterocycles. The van der Waals surface area contributed by atoms with Gasteiger partial charge in [0.25, 0.3) is 0 Å². The number of phenols is 1. The smallest absolute Gasteiger partial charge is 0.209 e. The Morgan fingerprint density at radius 1 is 1.31 bits per heavy atom. The van der Waals surface area contributed by atoms with Crippen LogP contribution in [-0.4, -0.2) is 18.8 Å². The highest BCUT2D eigenvalue weighted by Gasteiger charge is 2.17. The summed E-state index contributed by atoms with van der Waals surface area (Å²) >= 11 is 0. The number of aromatic hydroxyl groups is 1. The van der Waals surface area contributed by atoms with E-state index in [2.05, 4.69) is 0 Å². The van der Waals surface area contributed by atoms with Gasteiger partial charge in [0, 0.05) is 0 Å². The molecular formula is C11H15F2NO2. The predicted molar refractivity (Wildman–Crippen MR) is 56.6 cm³/mol. The lowest BCUT2D eigenvalue weighted by molar-refractivity contribution is 0.347. The van der Waals surface area contributed by atoms with E-state index < -0.39 is 17.4 Å². The minimum atomic E-state index is -1.07. The predicted octanol–water partition coefficient (Wildman–Crippen LogP) is 1.96. The highest BCUT2D eigenvalue weighted by Crippen LogP contribution is 2.31. The number of halogens is 2. The summed E-state index contributed by atoms with van der Waals surface area (Å²) in [5.74, 6) is -3.12. The maximum absolute atomic E-state index is 13.4. The van der Waals surface area contributed by atoms with Gasteiger partial charge in [0.05, 0.1) is 7.11 Å². The van der Waals surface area contributed by atoms with E-state index in [1.165, 1.54) is 13.2 Å². The van der Waals surface area contributed by atoms with Crippen molar-refractivity contribution in [1.29, 1.82) is 0 Å². The Hall–Kier alpha value is -1.36. The normalized spacial score (nSPS) is 10.5. The molecule has 0 fully saturated rings. The molecule has 0 spiro atoms. The average molecular weight is 231 g/mol. The third-order valence-electron chi connectivity index (χ3n) is 2.34. The van der Waals surface area contributed by atoms with Gasteiger partial charge in [0.1, 0.15) is 0 Å². The topological polar surface area (TPSA) is 55.5 Å². The minimum Gasteiger partial charge on any atom is -0.503 e. The fourth-order valence-corrected chi connectivity index (χ4v) is 1.44. The van der Waals surface area contributed by atoms with Crippen LogP contribution >= 0.6 is 0 Å². The van der Waals surface area contributed by atoms with Gasteiger partial charge in [-0.1, -0.05) is 0 Å². The molecule has 0 saturated heterocycles. The number of hydrogen-bond donors (Lipinski definition) is 2. The number of phenolic OH excluding ortho intramolecular Hbond substituents is 1. The molecule has 16 heavy (non-hydrogen) atoms. The summed E-state index contributed by atoms with van der Waals surface area (Å²) in [6, 6.07) is 1.26. The fourth-order valence-electron chi connectivity index (χ4n) is 1.44. The Morgan fingerprint density at radius 3 is 2.56 bits per heavy atom. The van der Waals surface area contributed by atoms with E-state index in [1.54, 1.807) is 0 Å². The van der Waals surface area contributed by atoms with E-state index in [0.29, 0.717) is 19.4 Å². The monoisotopic (exact) mass is 231 g/mol. The molecule has 0 radical (unpaired) electrons. The van der Waals surface area contributed by atoms with Gasteiger partial charge in [-0.25, -0.2) is 4.39 Å². The lowest BCUT2D eigenvalue weighted by Crippen LogP contribution is -2.01. The van der Waals surface area contributed by atoms with Crippen LogP contribution in [0.15, 0.2) is 6.07 Å². The molecule has 0 unspecified atom stereocenters. The fraction of sp³-hybridized carbons (Fsp3) is 0.455. The number of ether oxygens (including phenoxy) is 1. The highest BCUT2D eigenvalue weighted by atomic mass is 19.1. The zero-order valence-corrected chi connectivity index (χ0v) is 9.09. The van der Waals surface area contributed by atoms with Crippen molar-refractivity contribution in [1.82, 2.24) is 0 Å². The van der Waals surface area contributed by atoms with Crippen LogP contribution in [-0.2, 0) is 6.42 Å². The molecule has 1 rings (SSSR count). The van der Waals surface area contributed by atoms with Crippen molar-refractivity contribution < 1.29 is 18.6 Å². The molecule has 0 heterocycles. The molecule has 1 aromatic carbocycles. The van der Waals surface area contributed by atoms with Crippen molar-refractivity contribution in [2.45, 2.75) is 19.3 Å². The molecule has 0 aliphatic rings. The molecule has 0 bridgehead atoms. The summed E-state index contributed by atoms with van der Waals surface area (Å²) in [5.41, 5.74) is 5.55. The minimum absolute atomic E-state index is 0.151. The number of aryl methyl sites for hydroxylation is 1. The van der Waals surface area contributed by atoms with E-state index in [4.69, 9.17) is 10.5 Å². The number of rotatable bonds is 5. The molecule has 5 heteroatoms. The Labute approximate surface area is 92.8 Å². The molecule has 0 atom stereocenters. The van der Waals surface area contributed by atoms with Crippen molar-refractivity contribution in [2.75, 3.05) is 13.7 Å². The van der Waals surface area contributed by atoms with Crippen LogP contribution in [0, 0.1) is 11.6 Å². The first-order valence-corrected chi connectivity index (χ1v) is 5.05. The van der Waals surface area contributed by atoms with Gasteiger partial charge in [-0.15, -0.1) is 0 Å². The molecule has 0 saturated carbocycles. The Kier molecular flexibility index (Phi) is 4.49. The summed E-state index contributed by atoms with van der Waals surface area (Å²) < 4.78 is 31.3. The molecule has 0 aliphatic carbocycles. The van der Waals surface area contributed by atoms with E-state index in [0.717, 1.165) is 6.42 Å². The Morgan fingerprint density at radius 2 is 2.00 bits per heavy atom. The maximum Gasteiger partial charge on any atom is 0.209 e. The van der Waals surface area contributed by atoms with Crippen LogP contribution in [0.3, 0.4) is 0 Å². The zero-order chi connectivity index (χ0) is 12.1. The third kappa shape index (κ3) is 2.61. The Bertz CT molecular complexity index is 369. The molecular weight excluding hydrogens is 216 g/mol. The Balaban J connectivity index is 2.95. The van der Waals surface area contributed by atoms with Gasteiger partial charge >= 0.3 is 0 Å². The second kappa shape index (κ2) is 5.65. The quantitative estimate of drug-likeness (QED) is 0.762. The summed E-state index contributed by atoms with van der Waals surface area (Å²) in [6.45, 7) is 0.520. The van der Waals surface area contributed by atoms with Gasteiger partial charge in [0.2, 0.25) is 5.82 Å². The van der Waals surface area contributed by atoms with Gasteiger partial charge in [-0.3, -0.25) is 0 Å². The first kappa shape index (κ1) is 12.7. The van der Waals surface area contributed by atoms with Crippen LogP contribution in [0.2, 0.25) is 0 Å². The lowest BCUT2D eigenvalue weighted by Gasteiger charge is -2.09. The number of methoxy groups -OCH3 is 1. The van der Waals surface area contributed by atoms with Crippen molar-refractivity contribution >= 4 is 0 Å². The maximum atomic E-state index is 13.4. The summed E-state index contributed by atoms with van der Waals surface area (Å²) in [4.78, 5) is 0. The molecule has 90 valence electrons. The van der Waals surface area contributed by atoms with E-state index >= 15 is 0 Å². The van der Waals surface area contributed by atoms with Gasteiger partial charge < -0.3 is 15.6 Å². The highest BCUT2D eigenvalue weighted by molar-refractivity contribution is 5.41. The van der Waals surface area contributed by atoms with Crippen LogP contribution in [0.1, 0.15) is 18.4 Å². The molecule has 3 nitrogen and oxygen atoms in total. The van der Waals surface area contributed by atoms with E-state index in [9.17, 15) is 13.9 Å². The zero-order valence-electron chi connectivity index (χ0n) is 9.09. The van der Waals surface area contributed by atoms with Gasteiger partial charge in [0.15, 0.2) is 17.3 Å². The second-order valence-electron chi connectivity index (χ2n) is 3.46. The lowest BCUT2D eigenvalue weighted by atomic mass is 10.1. The first-order valence-electron chi connectivity index (χ1n) is 5.05. The number of unbranched alkanes of at least 4 members (excludes halogenated alkanes) is 1. The van der Waals surface area contributed by atoms with Crippen LogP contribution < -0.4 is 10.5 Å². The van der Waals surface area contributed by atoms with Crippen molar-refractivity contribution in [3.8, 4) is 11.5 Å². The average Bonchev–Trinajstić information content (AvgIpc) is 2.29. The molecule has 1 aromatic rings. The van der Waals surface area contributed by atoms with Gasteiger partial charge in [-0.05, 0) is 37.4 Å². The van der Waals surface area contributed by atoms with Crippen LogP contribution in [0.4, 0.5) is 8.78 Å². The number of nitrogens with two attached hydrogens (primary N) is 1. The summed E-state index contributed by atoms with van der Waals surface area (Å²) in [5, 5.41) is 9.20. The molecule has 0 aliphatic heterocycles. The summed E-state index contributed by atoms with van der Waals surface area (Å²) in [7, 11) is 1.26. The molecule has 0 amide bonds. The van der Waals surface area contributed by atoms with Crippen molar-refractivity contribution in [3.05, 3.63) is 23.3 Å². The van der Waals surface area contributed by atoms with E-state index in [1.807, 2.05) is 0 Å². The number of hydrogen-bond acceptors (Lipinski definition) is 3. The second-order valence-corrected chi connectivity index (χ2v) is 3.46. The SMILES string of the molecule is COc1cc(CCCCN)c(F)c(O)c1F. The van der Waals surface area contributed by atoms with E-state index in [-0.39, 0.29) is 11.3 Å². The standard InChI is InChI=1S/C11H15F2NO2/c1-16-8-6-7(4-2-3-5-14)9(12)11(15)10(8)13/h6,15H,2-5,14H2,1H3. The van der Waals surface area contributed by atoms with Crippen molar-refractivity contribution in [2.24, 2.45) is 5.73 Å². The van der Waals surface area contributed by atoms with Crippen LogP contribution in [0.5, 0.6) is 11.5 Å². The molecule has 3 N–H and O–H groups in total. The summed E-state index contributed by atoms with van der Waals surface area (Å²) in [6.07, 6.45) is 1.83. The first-order chi connectivity index (χ1) is 7.61. The van der Waals surface area contributed by atoms with Crippen molar-refractivity contribution in [3.63, 3.8) is 0 Å².